The van der Waals surface area contributed by atoms with Crippen LogP contribution in [0.15, 0.2) is 24.5 Å². The van der Waals surface area contributed by atoms with E-state index in [0.29, 0.717) is 11.5 Å². The molecular weight excluding hydrogens is 220 g/mol. The summed E-state index contributed by atoms with van der Waals surface area (Å²) in [6.07, 6.45) is 3.46. The molecule has 88 valence electrons. The lowest BCUT2D eigenvalue weighted by Gasteiger charge is -2.06. The highest BCUT2D eigenvalue weighted by atomic mass is 16.5. The number of rotatable bonds is 2. The second kappa shape index (κ2) is 4.25. The SMILES string of the molecule is COC(=O)c1ccc(N)c(-n2cc(C)cn2)n1. The zero-order valence-electron chi connectivity index (χ0n) is 9.54. The summed E-state index contributed by atoms with van der Waals surface area (Å²) in [5, 5.41) is 4.10. The van der Waals surface area contributed by atoms with E-state index in [1.54, 1.807) is 18.5 Å². The molecule has 0 radical (unpaired) electrons. The van der Waals surface area contributed by atoms with Crippen LogP contribution in [0.25, 0.3) is 5.82 Å². The minimum Gasteiger partial charge on any atom is -0.464 e. The first-order valence-electron chi connectivity index (χ1n) is 4.98. The summed E-state index contributed by atoms with van der Waals surface area (Å²) in [5.74, 6) is -0.0869. The Morgan fingerprint density at radius 2 is 2.24 bits per heavy atom. The smallest absolute Gasteiger partial charge is 0.356 e. The van der Waals surface area contributed by atoms with Crippen LogP contribution in [0.1, 0.15) is 16.1 Å². The van der Waals surface area contributed by atoms with Crippen molar-refractivity contribution in [2.75, 3.05) is 12.8 Å². The van der Waals surface area contributed by atoms with E-state index in [1.807, 2.05) is 6.92 Å². The van der Waals surface area contributed by atoms with Gasteiger partial charge in [-0.25, -0.2) is 14.5 Å². The Bertz CT molecular complexity index is 562. The minimum atomic E-state index is -0.505. The Labute approximate surface area is 98.0 Å². The fourth-order valence-electron chi connectivity index (χ4n) is 1.39. The molecule has 0 spiro atoms. The third-order valence-corrected chi connectivity index (χ3v) is 2.23. The van der Waals surface area contributed by atoms with Gasteiger partial charge in [-0.3, -0.25) is 0 Å². The van der Waals surface area contributed by atoms with Crippen molar-refractivity contribution in [1.82, 2.24) is 14.8 Å². The maximum atomic E-state index is 11.4. The van der Waals surface area contributed by atoms with Crippen LogP contribution in [0.2, 0.25) is 0 Å². The molecule has 0 amide bonds. The summed E-state index contributed by atoms with van der Waals surface area (Å²) >= 11 is 0. The number of pyridine rings is 1. The van der Waals surface area contributed by atoms with Gasteiger partial charge in [-0.2, -0.15) is 5.10 Å². The number of nitrogens with two attached hydrogens (primary N) is 1. The monoisotopic (exact) mass is 232 g/mol. The Balaban J connectivity index is 2.49. The van der Waals surface area contributed by atoms with Crippen LogP contribution in [0.3, 0.4) is 0 Å². The molecule has 0 aliphatic heterocycles. The fourth-order valence-corrected chi connectivity index (χ4v) is 1.39. The molecule has 0 atom stereocenters. The number of hydrogen-bond donors (Lipinski definition) is 1. The Morgan fingerprint density at radius 1 is 1.47 bits per heavy atom. The van der Waals surface area contributed by atoms with Crippen molar-refractivity contribution in [2.24, 2.45) is 0 Å². The summed E-state index contributed by atoms with van der Waals surface area (Å²) in [5.41, 5.74) is 7.42. The van der Waals surface area contributed by atoms with Crippen LogP contribution in [0, 0.1) is 6.92 Å². The molecule has 6 nitrogen and oxygen atoms in total. The van der Waals surface area contributed by atoms with Gasteiger partial charge < -0.3 is 10.5 Å². The molecule has 6 heteroatoms. The summed E-state index contributed by atoms with van der Waals surface area (Å²) in [7, 11) is 1.30. The quantitative estimate of drug-likeness (QED) is 0.779. The van der Waals surface area contributed by atoms with Crippen LogP contribution in [-0.2, 0) is 4.74 Å². The number of aromatic nitrogens is 3. The molecule has 0 saturated heterocycles. The highest BCUT2D eigenvalue weighted by molar-refractivity contribution is 5.87. The van der Waals surface area contributed by atoms with Crippen LogP contribution in [0.5, 0.6) is 0 Å². The van der Waals surface area contributed by atoms with Crippen molar-refractivity contribution in [3.05, 3.63) is 35.8 Å². The van der Waals surface area contributed by atoms with Gasteiger partial charge >= 0.3 is 5.97 Å². The van der Waals surface area contributed by atoms with Crippen LogP contribution in [-0.4, -0.2) is 27.8 Å². The van der Waals surface area contributed by atoms with Gasteiger partial charge in [-0.1, -0.05) is 0 Å². The summed E-state index contributed by atoms with van der Waals surface area (Å²) in [4.78, 5) is 15.5. The van der Waals surface area contributed by atoms with Gasteiger partial charge in [0.15, 0.2) is 11.5 Å². The molecule has 0 aliphatic rings. The molecule has 2 aromatic rings. The predicted molar refractivity (Wildman–Crippen MR) is 61.8 cm³/mol. The van der Waals surface area contributed by atoms with E-state index in [0.717, 1.165) is 5.56 Å². The number of aryl methyl sites for hydroxylation is 1. The van der Waals surface area contributed by atoms with Gasteiger partial charge in [-0.15, -0.1) is 0 Å². The molecular formula is C11H12N4O2. The van der Waals surface area contributed by atoms with E-state index in [4.69, 9.17) is 5.73 Å². The highest BCUT2D eigenvalue weighted by Gasteiger charge is 2.12. The third-order valence-electron chi connectivity index (χ3n) is 2.23. The molecule has 2 N–H and O–H groups in total. The molecule has 2 heterocycles. The van der Waals surface area contributed by atoms with Crippen molar-refractivity contribution in [3.63, 3.8) is 0 Å². The molecule has 2 aromatic heterocycles. The maximum absolute atomic E-state index is 11.4. The maximum Gasteiger partial charge on any atom is 0.356 e. The second-order valence-corrected chi connectivity index (χ2v) is 3.56. The largest absolute Gasteiger partial charge is 0.464 e. The first kappa shape index (κ1) is 11.1. The number of hydrogen-bond acceptors (Lipinski definition) is 5. The molecule has 0 aliphatic carbocycles. The lowest BCUT2D eigenvalue weighted by molar-refractivity contribution is 0.0594. The molecule has 0 aromatic carbocycles. The van der Waals surface area contributed by atoms with Gasteiger partial charge in [0.05, 0.1) is 19.0 Å². The number of anilines is 1. The van der Waals surface area contributed by atoms with Crippen molar-refractivity contribution in [1.29, 1.82) is 0 Å². The first-order valence-corrected chi connectivity index (χ1v) is 4.98. The van der Waals surface area contributed by atoms with E-state index < -0.39 is 5.97 Å². The van der Waals surface area contributed by atoms with Gasteiger partial charge in [-0.05, 0) is 24.6 Å². The number of carbonyl (C=O) groups excluding carboxylic acids is 1. The van der Waals surface area contributed by atoms with E-state index >= 15 is 0 Å². The lowest BCUT2D eigenvalue weighted by Crippen LogP contribution is -2.10. The minimum absolute atomic E-state index is 0.199. The molecule has 17 heavy (non-hydrogen) atoms. The molecule has 0 fully saturated rings. The average Bonchev–Trinajstić information content (AvgIpc) is 2.75. The zero-order chi connectivity index (χ0) is 12.4. The van der Waals surface area contributed by atoms with E-state index in [2.05, 4.69) is 14.8 Å². The standard InChI is InChI=1S/C11H12N4O2/c1-7-5-13-15(6-7)10-8(12)3-4-9(14-10)11(16)17-2/h3-6H,12H2,1-2H3. The van der Waals surface area contributed by atoms with Crippen molar-refractivity contribution < 1.29 is 9.53 Å². The molecule has 0 bridgehead atoms. The normalized spacial score (nSPS) is 10.2. The van der Waals surface area contributed by atoms with Crippen LogP contribution < -0.4 is 5.73 Å². The number of methoxy groups -OCH3 is 1. The number of nitrogen functional groups attached to an aromatic ring is 1. The van der Waals surface area contributed by atoms with E-state index in [1.165, 1.54) is 17.9 Å². The van der Waals surface area contributed by atoms with Gasteiger partial charge in [0.1, 0.15) is 0 Å². The highest BCUT2D eigenvalue weighted by Crippen LogP contribution is 2.15. The summed E-state index contributed by atoms with van der Waals surface area (Å²) in [6, 6.07) is 3.12. The topological polar surface area (TPSA) is 83.0 Å². The molecule has 0 saturated carbocycles. The lowest BCUT2D eigenvalue weighted by atomic mass is 10.3. The predicted octanol–water partition coefficient (Wildman–Crippen LogP) is 0.945. The van der Waals surface area contributed by atoms with Gasteiger partial charge in [0.2, 0.25) is 0 Å². The van der Waals surface area contributed by atoms with E-state index in [9.17, 15) is 4.79 Å². The number of ether oxygens (including phenoxy) is 1. The van der Waals surface area contributed by atoms with Crippen molar-refractivity contribution in [2.45, 2.75) is 6.92 Å². The van der Waals surface area contributed by atoms with E-state index in [-0.39, 0.29) is 5.69 Å². The average molecular weight is 232 g/mol. The Hall–Kier alpha value is -2.37. The van der Waals surface area contributed by atoms with Crippen molar-refractivity contribution >= 4 is 11.7 Å². The zero-order valence-corrected chi connectivity index (χ0v) is 9.54. The second-order valence-electron chi connectivity index (χ2n) is 3.56. The van der Waals surface area contributed by atoms with Crippen LogP contribution >= 0.6 is 0 Å². The molecule has 2 rings (SSSR count). The third kappa shape index (κ3) is 2.10. The van der Waals surface area contributed by atoms with Gasteiger partial charge in [0, 0.05) is 6.20 Å². The number of carbonyl (C=O) groups is 1. The molecule has 0 unspecified atom stereocenters. The first-order chi connectivity index (χ1) is 8.11. The number of esters is 1. The summed E-state index contributed by atoms with van der Waals surface area (Å²) in [6.45, 7) is 1.91. The van der Waals surface area contributed by atoms with Crippen LogP contribution in [0.4, 0.5) is 5.69 Å². The Kier molecular flexibility index (Phi) is 2.78. The Morgan fingerprint density at radius 3 is 2.82 bits per heavy atom. The fraction of sp³-hybridized carbons (Fsp3) is 0.182. The summed E-state index contributed by atoms with van der Waals surface area (Å²) < 4.78 is 6.13. The van der Waals surface area contributed by atoms with Crippen molar-refractivity contribution in [3.8, 4) is 5.82 Å². The van der Waals surface area contributed by atoms with Gasteiger partial charge in [0.25, 0.3) is 0 Å². The number of nitrogens with zero attached hydrogens (tertiary/aromatic N) is 3.